The molecule has 1 aromatic heterocycles. The summed E-state index contributed by atoms with van der Waals surface area (Å²) in [5, 5.41) is 12.8. The number of hydrogen-bond donors (Lipinski definition) is 2. The first-order valence-electron chi connectivity index (χ1n) is 6.73. The van der Waals surface area contributed by atoms with Crippen LogP contribution in [0, 0.1) is 0 Å². The molecule has 7 heteroatoms. The van der Waals surface area contributed by atoms with Gasteiger partial charge in [0, 0.05) is 29.9 Å². The summed E-state index contributed by atoms with van der Waals surface area (Å²) in [4.78, 5) is 21.8. The second-order valence-corrected chi connectivity index (χ2v) is 5.38. The topological polar surface area (TPSA) is 78.4 Å². The molecule has 2 aromatic rings. The molecule has 0 radical (unpaired) electrons. The second-order valence-electron chi connectivity index (χ2n) is 4.97. The lowest BCUT2D eigenvalue weighted by molar-refractivity contribution is 0.0697. The highest BCUT2D eigenvalue weighted by molar-refractivity contribution is 6.33. The van der Waals surface area contributed by atoms with Crippen LogP contribution in [-0.4, -0.2) is 53.1 Å². The Morgan fingerprint density at radius 1 is 1.36 bits per heavy atom. The smallest absolute Gasteiger partial charge is 0.339 e. The highest BCUT2D eigenvalue weighted by Crippen LogP contribution is 2.29. The number of likely N-dealkylation sites (N-methyl/N-ethyl adjacent to an activating group) is 1. The molecule has 0 fully saturated rings. The van der Waals surface area contributed by atoms with E-state index >= 15 is 0 Å². The van der Waals surface area contributed by atoms with Gasteiger partial charge < -0.3 is 15.3 Å². The SMILES string of the molecule is CN(C)CCNc1ncc(C(=O)O)c(-c2ccccc2Cl)n1. The zero-order chi connectivity index (χ0) is 16.1. The number of nitrogens with zero attached hydrogens (tertiary/aromatic N) is 3. The van der Waals surface area contributed by atoms with Crippen molar-refractivity contribution in [2.24, 2.45) is 0 Å². The Bertz CT molecular complexity index is 676. The van der Waals surface area contributed by atoms with Gasteiger partial charge in [0.05, 0.1) is 5.69 Å². The van der Waals surface area contributed by atoms with Crippen LogP contribution in [0.3, 0.4) is 0 Å². The van der Waals surface area contributed by atoms with Gasteiger partial charge in [-0.2, -0.15) is 0 Å². The minimum Gasteiger partial charge on any atom is -0.478 e. The summed E-state index contributed by atoms with van der Waals surface area (Å²) in [7, 11) is 3.93. The number of nitrogens with one attached hydrogen (secondary N) is 1. The summed E-state index contributed by atoms with van der Waals surface area (Å²) in [6.07, 6.45) is 1.30. The van der Waals surface area contributed by atoms with Gasteiger partial charge in [-0.15, -0.1) is 0 Å². The van der Waals surface area contributed by atoms with Crippen LogP contribution in [0.4, 0.5) is 5.95 Å². The maximum Gasteiger partial charge on any atom is 0.339 e. The molecule has 1 aromatic carbocycles. The van der Waals surface area contributed by atoms with Crippen molar-refractivity contribution in [2.45, 2.75) is 0 Å². The molecular formula is C15H17ClN4O2. The van der Waals surface area contributed by atoms with E-state index in [0.717, 1.165) is 6.54 Å². The summed E-state index contributed by atoms with van der Waals surface area (Å²) in [5.74, 6) is -0.712. The third-order valence-corrected chi connectivity index (χ3v) is 3.32. The van der Waals surface area contributed by atoms with Crippen LogP contribution >= 0.6 is 11.6 Å². The average Bonchev–Trinajstić information content (AvgIpc) is 2.47. The van der Waals surface area contributed by atoms with Crippen LogP contribution in [0.15, 0.2) is 30.5 Å². The molecule has 0 saturated carbocycles. The van der Waals surface area contributed by atoms with E-state index in [-0.39, 0.29) is 5.56 Å². The molecule has 0 aliphatic rings. The Kier molecular flexibility index (Phi) is 5.30. The van der Waals surface area contributed by atoms with Gasteiger partial charge in [-0.3, -0.25) is 0 Å². The van der Waals surface area contributed by atoms with E-state index in [1.807, 2.05) is 19.0 Å². The van der Waals surface area contributed by atoms with E-state index in [9.17, 15) is 9.90 Å². The number of carbonyl (C=O) groups is 1. The Hall–Kier alpha value is -2.18. The van der Waals surface area contributed by atoms with Crippen LogP contribution in [0.5, 0.6) is 0 Å². The molecule has 0 atom stereocenters. The van der Waals surface area contributed by atoms with Gasteiger partial charge in [-0.05, 0) is 20.2 Å². The van der Waals surface area contributed by atoms with E-state index in [1.54, 1.807) is 24.3 Å². The van der Waals surface area contributed by atoms with Gasteiger partial charge >= 0.3 is 5.97 Å². The number of carboxylic acid groups (broad SMARTS) is 1. The van der Waals surface area contributed by atoms with Gasteiger partial charge in [-0.1, -0.05) is 29.8 Å². The van der Waals surface area contributed by atoms with E-state index < -0.39 is 5.97 Å². The summed E-state index contributed by atoms with van der Waals surface area (Å²) in [6, 6.07) is 7.00. The zero-order valence-electron chi connectivity index (χ0n) is 12.4. The average molecular weight is 321 g/mol. The molecule has 2 N–H and O–H groups in total. The number of rotatable bonds is 6. The lowest BCUT2D eigenvalue weighted by Crippen LogP contribution is -2.21. The van der Waals surface area contributed by atoms with Crippen molar-refractivity contribution < 1.29 is 9.90 Å². The van der Waals surface area contributed by atoms with Crippen LogP contribution in [0.25, 0.3) is 11.3 Å². The molecule has 1 heterocycles. The molecule has 22 heavy (non-hydrogen) atoms. The van der Waals surface area contributed by atoms with Crippen LogP contribution in [0.1, 0.15) is 10.4 Å². The quantitative estimate of drug-likeness (QED) is 0.851. The first-order valence-corrected chi connectivity index (χ1v) is 7.10. The number of anilines is 1. The number of hydrogen-bond acceptors (Lipinski definition) is 5. The number of aromatic carboxylic acids is 1. The van der Waals surface area contributed by atoms with E-state index in [0.29, 0.717) is 28.8 Å². The molecule has 6 nitrogen and oxygen atoms in total. The fourth-order valence-electron chi connectivity index (χ4n) is 1.87. The van der Waals surface area contributed by atoms with Crippen molar-refractivity contribution >= 4 is 23.5 Å². The third kappa shape index (κ3) is 3.93. The van der Waals surface area contributed by atoms with Crippen molar-refractivity contribution in [1.82, 2.24) is 14.9 Å². The van der Waals surface area contributed by atoms with Gasteiger partial charge in [-0.25, -0.2) is 14.8 Å². The lowest BCUT2D eigenvalue weighted by atomic mass is 10.1. The highest BCUT2D eigenvalue weighted by Gasteiger charge is 2.17. The minimum absolute atomic E-state index is 0.0197. The lowest BCUT2D eigenvalue weighted by Gasteiger charge is -2.12. The van der Waals surface area contributed by atoms with Crippen molar-refractivity contribution in [3.8, 4) is 11.3 Å². The van der Waals surface area contributed by atoms with Gasteiger partial charge in [0.15, 0.2) is 0 Å². The van der Waals surface area contributed by atoms with Crippen molar-refractivity contribution in [3.05, 3.63) is 41.0 Å². The Labute approximate surface area is 133 Å². The molecule has 0 bridgehead atoms. The maximum atomic E-state index is 11.4. The van der Waals surface area contributed by atoms with E-state index in [1.165, 1.54) is 6.20 Å². The second kappa shape index (κ2) is 7.20. The summed E-state index contributed by atoms with van der Waals surface area (Å²) in [5.41, 5.74) is 0.895. The van der Waals surface area contributed by atoms with Gasteiger partial charge in [0.1, 0.15) is 5.56 Å². The normalized spacial score (nSPS) is 10.7. The molecule has 116 valence electrons. The zero-order valence-corrected chi connectivity index (χ0v) is 13.1. The van der Waals surface area contributed by atoms with Crippen molar-refractivity contribution in [1.29, 1.82) is 0 Å². The molecule has 0 saturated heterocycles. The maximum absolute atomic E-state index is 11.4. The minimum atomic E-state index is -1.09. The summed E-state index contributed by atoms with van der Waals surface area (Å²) in [6.45, 7) is 1.47. The predicted molar refractivity (Wildman–Crippen MR) is 86.5 cm³/mol. The first-order chi connectivity index (χ1) is 10.5. The number of aromatic nitrogens is 2. The number of halogens is 1. The Balaban J connectivity index is 2.37. The number of benzene rings is 1. The summed E-state index contributed by atoms with van der Waals surface area (Å²) < 4.78 is 0. The summed E-state index contributed by atoms with van der Waals surface area (Å²) >= 11 is 6.15. The van der Waals surface area contributed by atoms with Crippen molar-refractivity contribution in [2.75, 3.05) is 32.5 Å². The molecule has 2 rings (SSSR count). The molecular weight excluding hydrogens is 304 g/mol. The Morgan fingerprint density at radius 3 is 2.73 bits per heavy atom. The van der Waals surface area contributed by atoms with Gasteiger partial charge in [0.25, 0.3) is 0 Å². The molecule has 0 amide bonds. The Morgan fingerprint density at radius 2 is 2.09 bits per heavy atom. The first kappa shape index (κ1) is 16.2. The fraction of sp³-hybridized carbons (Fsp3) is 0.267. The van der Waals surface area contributed by atoms with E-state index in [2.05, 4.69) is 15.3 Å². The van der Waals surface area contributed by atoms with Gasteiger partial charge in [0.2, 0.25) is 5.95 Å². The number of carboxylic acids is 1. The molecule has 0 spiro atoms. The molecule has 0 aliphatic heterocycles. The highest BCUT2D eigenvalue weighted by atomic mass is 35.5. The van der Waals surface area contributed by atoms with Crippen LogP contribution < -0.4 is 5.32 Å². The monoisotopic (exact) mass is 320 g/mol. The fourth-order valence-corrected chi connectivity index (χ4v) is 2.10. The van der Waals surface area contributed by atoms with E-state index in [4.69, 9.17) is 11.6 Å². The largest absolute Gasteiger partial charge is 0.478 e. The molecule has 0 unspecified atom stereocenters. The van der Waals surface area contributed by atoms with Crippen molar-refractivity contribution in [3.63, 3.8) is 0 Å². The van der Waals surface area contributed by atoms with Crippen LogP contribution in [0.2, 0.25) is 5.02 Å². The molecule has 0 aliphatic carbocycles. The van der Waals surface area contributed by atoms with Crippen LogP contribution in [-0.2, 0) is 0 Å². The third-order valence-electron chi connectivity index (χ3n) is 2.99. The standard InChI is InChI=1S/C15H17ClN4O2/c1-20(2)8-7-17-15-18-9-11(14(21)22)13(19-15)10-5-3-4-6-12(10)16/h3-6,9H,7-8H2,1-2H3,(H,21,22)(H,17,18,19). The predicted octanol–water partition coefficient (Wildman–Crippen LogP) is 2.47.